The highest BCUT2D eigenvalue weighted by molar-refractivity contribution is 5.95. The Morgan fingerprint density at radius 2 is 2.20 bits per heavy atom. The van der Waals surface area contributed by atoms with Gasteiger partial charge in [-0.2, -0.15) is 0 Å². The van der Waals surface area contributed by atoms with E-state index in [1.807, 2.05) is 0 Å². The van der Waals surface area contributed by atoms with Crippen LogP contribution in [0.1, 0.15) is 29.6 Å². The Morgan fingerprint density at radius 1 is 1.40 bits per heavy atom. The smallest absolute Gasteiger partial charge is 0.308 e. The number of nitrogens with zero attached hydrogens (tertiary/aromatic N) is 2. The molecular weight excluding hydrogens is 260 g/mol. The molecule has 2 aliphatic rings. The van der Waals surface area contributed by atoms with Crippen LogP contribution in [0.25, 0.3) is 0 Å². The summed E-state index contributed by atoms with van der Waals surface area (Å²) in [7, 11) is 1.52. The van der Waals surface area contributed by atoms with Gasteiger partial charge in [0.1, 0.15) is 0 Å². The number of ether oxygens (including phenoxy) is 1. The first-order valence-electron chi connectivity index (χ1n) is 6.67. The first-order chi connectivity index (χ1) is 9.61. The van der Waals surface area contributed by atoms with Gasteiger partial charge in [0.25, 0.3) is 5.91 Å². The molecule has 2 saturated heterocycles. The average Bonchev–Trinajstić information content (AvgIpc) is 3.04. The molecule has 0 aliphatic carbocycles. The lowest BCUT2D eigenvalue weighted by molar-refractivity contribution is -0.142. The van der Waals surface area contributed by atoms with Gasteiger partial charge in [-0.25, -0.2) is 4.98 Å². The van der Waals surface area contributed by atoms with Gasteiger partial charge < -0.3 is 14.7 Å². The quantitative estimate of drug-likeness (QED) is 0.896. The second-order valence-corrected chi connectivity index (χ2v) is 5.28. The molecule has 6 heteroatoms. The summed E-state index contributed by atoms with van der Waals surface area (Å²) in [5.74, 6) is -0.905. The van der Waals surface area contributed by atoms with Crippen molar-refractivity contribution in [3.63, 3.8) is 0 Å². The summed E-state index contributed by atoms with van der Waals surface area (Å²) < 4.78 is 4.96. The van der Waals surface area contributed by atoms with Gasteiger partial charge in [0.15, 0.2) is 0 Å². The van der Waals surface area contributed by atoms with Crippen LogP contribution in [0.2, 0.25) is 0 Å². The number of carboxylic acid groups (broad SMARTS) is 1. The molecular formula is C14H16N2O4. The third-order valence-corrected chi connectivity index (χ3v) is 4.28. The first kappa shape index (κ1) is 12.9. The lowest BCUT2D eigenvalue weighted by Gasteiger charge is -2.23. The van der Waals surface area contributed by atoms with Crippen molar-refractivity contribution < 1.29 is 19.4 Å². The highest BCUT2D eigenvalue weighted by Gasteiger charge is 2.51. The molecule has 106 valence electrons. The van der Waals surface area contributed by atoms with Crippen LogP contribution in [0.4, 0.5) is 0 Å². The number of carbonyl (C=O) groups is 2. The summed E-state index contributed by atoms with van der Waals surface area (Å²) in [4.78, 5) is 29.5. The zero-order valence-corrected chi connectivity index (χ0v) is 11.2. The molecule has 1 amide bonds. The maximum absolute atomic E-state index is 12.5. The van der Waals surface area contributed by atoms with Crippen LogP contribution in [-0.4, -0.2) is 46.1 Å². The number of pyridine rings is 1. The van der Waals surface area contributed by atoms with Gasteiger partial charge in [-0.05, 0) is 25.3 Å². The van der Waals surface area contributed by atoms with E-state index in [0.29, 0.717) is 17.9 Å². The van der Waals surface area contributed by atoms with E-state index in [-0.39, 0.29) is 18.0 Å². The van der Waals surface area contributed by atoms with Crippen LogP contribution in [0.15, 0.2) is 18.3 Å². The lowest BCUT2D eigenvalue weighted by Crippen LogP contribution is -2.37. The minimum atomic E-state index is -0.803. The summed E-state index contributed by atoms with van der Waals surface area (Å²) in [6.45, 7) is 0. The maximum atomic E-state index is 12.5. The normalized spacial score (nSPS) is 27.6. The number of methoxy groups -OCH3 is 1. The van der Waals surface area contributed by atoms with E-state index >= 15 is 0 Å². The fourth-order valence-corrected chi connectivity index (χ4v) is 3.35. The van der Waals surface area contributed by atoms with Gasteiger partial charge in [0.2, 0.25) is 5.88 Å². The van der Waals surface area contributed by atoms with Gasteiger partial charge in [-0.3, -0.25) is 9.59 Å². The summed E-state index contributed by atoms with van der Waals surface area (Å²) in [5, 5.41) is 9.21. The van der Waals surface area contributed by atoms with Crippen molar-refractivity contribution in [1.82, 2.24) is 9.88 Å². The van der Waals surface area contributed by atoms with Crippen molar-refractivity contribution >= 4 is 11.9 Å². The second-order valence-electron chi connectivity index (χ2n) is 5.28. The zero-order chi connectivity index (χ0) is 14.3. The highest BCUT2D eigenvalue weighted by Crippen LogP contribution is 2.42. The van der Waals surface area contributed by atoms with Gasteiger partial charge in [-0.1, -0.05) is 0 Å². The number of carbonyl (C=O) groups excluding carboxylic acids is 1. The molecule has 0 aromatic carbocycles. The Bertz CT molecular complexity index is 543. The van der Waals surface area contributed by atoms with E-state index in [1.165, 1.54) is 13.3 Å². The number of hydrogen-bond acceptors (Lipinski definition) is 4. The van der Waals surface area contributed by atoms with Crippen LogP contribution in [0.3, 0.4) is 0 Å². The molecule has 0 saturated carbocycles. The molecule has 0 radical (unpaired) electrons. The van der Waals surface area contributed by atoms with Crippen LogP contribution in [0, 0.1) is 5.92 Å². The van der Waals surface area contributed by atoms with E-state index in [0.717, 1.165) is 12.8 Å². The Hall–Kier alpha value is -2.11. The fraction of sp³-hybridized carbons (Fsp3) is 0.500. The standard InChI is InChI=1S/C14H16N2O4/c1-20-12-5-2-8(7-15-12)13(17)16-9-3-4-11(16)10(6-9)14(18)19/h2,5,7,9-11H,3-4,6H2,1H3,(H,18,19). The number of carboxylic acids is 1. The number of aromatic nitrogens is 1. The summed E-state index contributed by atoms with van der Waals surface area (Å²) >= 11 is 0. The largest absolute Gasteiger partial charge is 0.481 e. The molecule has 3 atom stereocenters. The Balaban J connectivity index is 1.82. The van der Waals surface area contributed by atoms with E-state index in [2.05, 4.69) is 4.98 Å². The summed E-state index contributed by atoms with van der Waals surface area (Å²) in [5.41, 5.74) is 0.480. The minimum Gasteiger partial charge on any atom is -0.481 e. The van der Waals surface area contributed by atoms with E-state index in [9.17, 15) is 14.7 Å². The highest BCUT2D eigenvalue weighted by atomic mass is 16.5. The molecule has 2 bridgehead atoms. The van der Waals surface area contributed by atoms with Crippen molar-refractivity contribution in [2.24, 2.45) is 5.92 Å². The SMILES string of the molecule is COc1ccc(C(=O)N2C3CCC2C(C(=O)O)C3)cn1. The van der Waals surface area contributed by atoms with E-state index < -0.39 is 11.9 Å². The zero-order valence-electron chi connectivity index (χ0n) is 11.2. The predicted octanol–water partition coefficient (Wildman–Crippen LogP) is 1.17. The van der Waals surface area contributed by atoms with Gasteiger partial charge >= 0.3 is 5.97 Å². The molecule has 6 nitrogen and oxygen atoms in total. The van der Waals surface area contributed by atoms with Crippen molar-refractivity contribution in [2.75, 3.05) is 7.11 Å². The number of aliphatic carboxylic acids is 1. The van der Waals surface area contributed by atoms with Gasteiger partial charge in [-0.15, -0.1) is 0 Å². The number of fused-ring (bicyclic) bond motifs is 2. The monoisotopic (exact) mass is 276 g/mol. The average molecular weight is 276 g/mol. The Labute approximate surface area is 116 Å². The molecule has 2 aliphatic heterocycles. The third-order valence-electron chi connectivity index (χ3n) is 4.28. The number of rotatable bonds is 3. The molecule has 3 unspecified atom stereocenters. The van der Waals surface area contributed by atoms with E-state index in [1.54, 1.807) is 17.0 Å². The lowest BCUT2D eigenvalue weighted by atomic mass is 9.89. The maximum Gasteiger partial charge on any atom is 0.308 e. The molecule has 1 aromatic heterocycles. The number of amides is 1. The fourth-order valence-electron chi connectivity index (χ4n) is 3.35. The molecule has 20 heavy (non-hydrogen) atoms. The molecule has 2 fully saturated rings. The van der Waals surface area contributed by atoms with Crippen LogP contribution in [-0.2, 0) is 4.79 Å². The molecule has 1 N–H and O–H groups in total. The predicted molar refractivity (Wildman–Crippen MR) is 69.5 cm³/mol. The topological polar surface area (TPSA) is 79.7 Å². The van der Waals surface area contributed by atoms with Crippen molar-refractivity contribution in [3.05, 3.63) is 23.9 Å². The van der Waals surface area contributed by atoms with Crippen molar-refractivity contribution in [2.45, 2.75) is 31.3 Å². The van der Waals surface area contributed by atoms with Crippen molar-refractivity contribution in [1.29, 1.82) is 0 Å². The van der Waals surface area contributed by atoms with Crippen LogP contribution < -0.4 is 4.74 Å². The number of hydrogen-bond donors (Lipinski definition) is 1. The Kier molecular flexibility index (Phi) is 3.08. The molecule has 3 rings (SSSR count). The molecule has 1 aromatic rings. The van der Waals surface area contributed by atoms with E-state index in [4.69, 9.17) is 4.74 Å². The third kappa shape index (κ3) is 1.92. The minimum absolute atomic E-state index is 0.0516. The van der Waals surface area contributed by atoms with Crippen LogP contribution in [0.5, 0.6) is 5.88 Å². The van der Waals surface area contributed by atoms with Crippen molar-refractivity contribution in [3.8, 4) is 5.88 Å². The van der Waals surface area contributed by atoms with Gasteiger partial charge in [0.05, 0.1) is 18.6 Å². The summed E-state index contributed by atoms with van der Waals surface area (Å²) in [6.07, 6.45) is 3.71. The van der Waals surface area contributed by atoms with Crippen LogP contribution >= 0.6 is 0 Å². The Morgan fingerprint density at radius 3 is 2.75 bits per heavy atom. The second kappa shape index (κ2) is 4.77. The van der Waals surface area contributed by atoms with Gasteiger partial charge in [0, 0.05) is 24.3 Å². The molecule has 0 spiro atoms. The molecule has 3 heterocycles. The summed E-state index contributed by atoms with van der Waals surface area (Å²) in [6, 6.07) is 3.18. The first-order valence-corrected chi connectivity index (χ1v) is 6.67.